The molecule has 1 aliphatic heterocycles. The first-order valence-electron chi connectivity index (χ1n) is 11.3. The lowest BCUT2D eigenvalue weighted by Crippen LogP contribution is -2.48. The number of nitrogens with one attached hydrogen (secondary N) is 1. The maximum Gasteiger partial charge on any atom is 0.254 e. The van der Waals surface area contributed by atoms with Crippen molar-refractivity contribution in [3.63, 3.8) is 0 Å². The number of para-hydroxylation sites is 1. The third-order valence-electron chi connectivity index (χ3n) is 5.94. The molecule has 0 saturated carbocycles. The quantitative estimate of drug-likeness (QED) is 0.537. The zero-order chi connectivity index (χ0) is 24.0. The molecule has 34 heavy (non-hydrogen) atoms. The first kappa shape index (κ1) is 23.8. The molecule has 7 nitrogen and oxygen atoms in total. The van der Waals surface area contributed by atoms with E-state index in [0.717, 1.165) is 24.3 Å². The van der Waals surface area contributed by atoms with Gasteiger partial charge in [0.2, 0.25) is 10.0 Å². The maximum atomic E-state index is 13.2. The maximum absolute atomic E-state index is 13.2. The Morgan fingerprint density at radius 1 is 0.912 bits per heavy atom. The topological polar surface area (TPSA) is 79.0 Å². The number of methoxy groups -OCH3 is 1. The zero-order valence-corrected chi connectivity index (χ0v) is 20.0. The van der Waals surface area contributed by atoms with Crippen molar-refractivity contribution in [2.75, 3.05) is 44.7 Å². The molecule has 178 valence electrons. The summed E-state index contributed by atoms with van der Waals surface area (Å²) in [7, 11) is -2.44. The number of anilines is 1. The summed E-state index contributed by atoms with van der Waals surface area (Å²) in [5.74, 6) is 0.0220. The highest BCUT2D eigenvalue weighted by molar-refractivity contribution is 7.89. The second-order valence-electron chi connectivity index (χ2n) is 8.11. The molecule has 0 bridgehead atoms. The lowest BCUT2D eigenvalue weighted by atomic mass is 10.1. The Hall–Kier alpha value is -3.36. The number of hydrogen-bond acceptors (Lipinski definition) is 5. The van der Waals surface area contributed by atoms with E-state index in [-0.39, 0.29) is 23.1 Å². The molecule has 8 heteroatoms. The number of carbonyl (C=O) groups excluding carboxylic acids is 1. The molecular formula is C26H29N3O4S. The minimum Gasteiger partial charge on any atom is -0.495 e. The van der Waals surface area contributed by atoms with Gasteiger partial charge in [-0.25, -0.2) is 13.1 Å². The van der Waals surface area contributed by atoms with Crippen molar-refractivity contribution in [1.29, 1.82) is 0 Å². The number of piperazine rings is 1. The van der Waals surface area contributed by atoms with Gasteiger partial charge in [0.05, 0.1) is 7.11 Å². The summed E-state index contributed by atoms with van der Waals surface area (Å²) in [6.45, 7) is 2.82. The van der Waals surface area contributed by atoms with Crippen molar-refractivity contribution in [1.82, 2.24) is 9.62 Å². The number of hydrogen-bond donors (Lipinski definition) is 1. The van der Waals surface area contributed by atoms with E-state index < -0.39 is 10.0 Å². The number of rotatable bonds is 8. The van der Waals surface area contributed by atoms with E-state index >= 15 is 0 Å². The van der Waals surface area contributed by atoms with E-state index in [0.29, 0.717) is 25.1 Å². The van der Waals surface area contributed by atoms with Crippen molar-refractivity contribution in [2.24, 2.45) is 0 Å². The van der Waals surface area contributed by atoms with E-state index in [1.165, 1.54) is 13.2 Å². The molecule has 1 fully saturated rings. The molecule has 0 unspecified atom stereocenters. The lowest BCUT2D eigenvalue weighted by molar-refractivity contribution is 0.0746. The van der Waals surface area contributed by atoms with Crippen LogP contribution in [0.25, 0.3) is 0 Å². The fraction of sp³-hybridized carbons (Fsp3) is 0.269. The Labute approximate surface area is 201 Å². The van der Waals surface area contributed by atoms with Crippen molar-refractivity contribution in [2.45, 2.75) is 11.3 Å². The molecule has 1 heterocycles. The van der Waals surface area contributed by atoms with E-state index in [1.54, 1.807) is 17.0 Å². The summed E-state index contributed by atoms with van der Waals surface area (Å²) < 4.78 is 34.0. The highest BCUT2D eigenvalue weighted by atomic mass is 32.2. The Kier molecular flexibility index (Phi) is 7.49. The second-order valence-corrected chi connectivity index (χ2v) is 9.85. The van der Waals surface area contributed by atoms with Gasteiger partial charge in [-0.05, 0) is 42.3 Å². The van der Waals surface area contributed by atoms with Crippen LogP contribution in [-0.4, -0.2) is 59.1 Å². The van der Waals surface area contributed by atoms with Crippen molar-refractivity contribution in [3.05, 3.63) is 90.0 Å². The van der Waals surface area contributed by atoms with Crippen LogP contribution in [0.2, 0.25) is 0 Å². The third-order valence-corrected chi connectivity index (χ3v) is 7.42. The minimum atomic E-state index is -3.86. The lowest BCUT2D eigenvalue weighted by Gasteiger charge is -2.36. The van der Waals surface area contributed by atoms with Gasteiger partial charge in [-0.3, -0.25) is 4.79 Å². The Balaban J connectivity index is 1.44. The molecule has 0 aromatic heterocycles. The van der Waals surface area contributed by atoms with Crippen LogP contribution < -0.4 is 14.4 Å². The predicted molar refractivity (Wildman–Crippen MR) is 133 cm³/mol. The smallest absolute Gasteiger partial charge is 0.254 e. The zero-order valence-electron chi connectivity index (χ0n) is 19.2. The first-order valence-corrected chi connectivity index (χ1v) is 12.8. The van der Waals surface area contributed by atoms with Gasteiger partial charge < -0.3 is 14.5 Å². The molecule has 0 spiro atoms. The normalized spacial score (nSPS) is 14.1. The summed E-state index contributed by atoms with van der Waals surface area (Å²) in [6, 6.07) is 24.3. The highest BCUT2D eigenvalue weighted by Gasteiger charge is 2.26. The second kappa shape index (κ2) is 10.7. The van der Waals surface area contributed by atoms with Gasteiger partial charge in [0, 0.05) is 44.0 Å². The molecule has 0 radical (unpaired) electrons. The molecule has 3 aromatic rings. The molecule has 1 aliphatic rings. The van der Waals surface area contributed by atoms with Crippen LogP contribution in [0.3, 0.4) is 0 Å². The average Bonchev–Trinajstić information content (AvgIpc) is 2.89. The average molecular weight is 480 g/mol. The molecule has 1 N–H and O–H groups in total. The third kappa shape index (κ3) is 5.58. The van der Waals surface area contributed by atoms with Gasteiger partial charge in [-0.15, -0.1) is 0 Å². The van der Waals surface area contributed by atoms with Gasteiger partial charge in [0.1, 0.15) is 10.6 Å². The van der Waals surface area contributed by atoms with Crippen molar-refractivity contribution >= 4 is 21.6 Å². The molecule has 3 aromatic carbocycles. The van der Waals surface area contributed by atoms with Gasteiger partial charge in [0.25, 0.3) is 5.91 Å². The Bertz CT molecular complexity index is 1210. The van der Waals surface area contributed by atoms with Crippen LogP contribution in [0.4, 0.5) is 5.69 Å². The fourth-order valence-corrected chi connectivity index (χ4v) is 5.29. The first-order chi connectivity index (χ1) is 16.5. The van der Waals surface area contributed by atoms with Gasteiger partial charge in [0.15, 0.2) is 0 Å². The monoisotopic (exact) mass is 479 g/mol. The number of ether oxygens (including phenoxy) is 1. The number of benzene rings is 3. The molecule has 0 atom stereocenters. The Morgan fingerprint density at radius 3 is 2.21 bits per heavy atom. The molecule has 1 saturated heterocycles. The summed E-state index contributed by atoms with van der Waals surface area (Å²) in [6.07, 6.45) is 0.562. The van der Waals surface area contributed by atoms with Crippen LogP contribution in [0.15, 0.2) is 83.8 Å². The highest BCUT2D eigenvalue weighted by Crippen LogP contribution is 2.26. The molecule has 4 rings (SSSR count). The van der Waals surface area contributed by atoms with Gasteiger partial charge >= 0.3 is 0 Å². The van der Waals surface area contributed by atoms with E-state index in [2.05, 4.69) is 21.8 Å². The Morgan fingerprint density at radius 2 is 1.56 bits per heavy atom. The SMILES string of the molecule is COc1ccc(C(=O)N2CCN(c3ccccc3)CC2)cc1S(=O)(=O)NCCc1ccccc1. The van der Waals surface area contributed by atoms with Gasteiger partial charge in [-0.1, -0.05) is 48.5 Å². The van der Waals surface area contributed by atoms with Crippen molar-refractivity contribution in [3.8, 4) is 5.75 Å². The predicted octanol–water partition coefficient (Wildman–Crippen LogP) is 3.18. The summed E-state index contributed by atoms with van der Waals surface area (Å²) >= 11 is 0. The largest absolute Gasteiger partial charge is 0.495 e. The van der Waals surface area contributed by atoms with Crippen LogP contribution >= 0.6 is 0 Å². The fourth-order valence-electron chi connectivity index (χ4n) is 4.06. The number of amides is 1. The molecule has 0 aliphatic carbocycles. The van der Waals surface area contributed by atoms with Gasteiger partial charge in [-0.2, -0.15) is 0 Å². The molecular weight excluding hydrogens is 450 g/mol. The van der Waals surface area contributed by atoms with E-state index in [9.17, 15) is 13.2 Å². The summed E-state index contributed by atoms with van der Waals surface area (Å²) in [5, 5.41) is 0. The van der Waals surface area contributed by atoms with Crippen molar-refractivity contribution < 1.29 is 17.9 Å². The minimum absolute atomic E-state index is 0.0307. The van der Waals surface area contributed by atoms with Crippen LogP contribution in [0.1, 0.15) is 15.9 Å². The van der Waals surface area contributed by atoms with Crippen LogP contribution in [-0.2, 0) is 16.4 Å². The standard InChI is InChI=1S/C26H29N3O4S/c1-33-24-13-12-22(20-25(24)34(31,32)27-15-14-21-8-4-2-5-9-21)26(30)29-18-16-28(17-19-29)23-10-6-3-7-11-23/h2-13,20,27H,14-19H2,1H3. The number of nitrogens with zero attached hydrogens (tertiary/aromatic N) is 2. The van der Waals surface area contributed by atoms with Crippen LogP contribution in [0, 0.1) is 0 Å². The molecule has 1 amide bonds. The number of sulfonamides is 1. The summed E-state index contributed by atoms with van der Waals surface area (Å²) in [5.41, 5.74) is 2.50. The number of carbonyl (C=O) groups is 1. The summed E-state index contributed by atoms with van der Waals surface area (Å²) in [4.78, 5) is 17.1. The van der Waals surface area contributed by atoms with Crippen LogP contribution in [0.5, 0.6) is 5.75 Å². The van der Waals surface area contributed by atoms with E-state index in [4.69, 9.17) is 4.74 Å². The van der Waals surface area contributed by atoms with E-state index in [1.807, 2.05) is 48.5 Å².